The maximum atomic E-state index is 12.2. The summed E-state index contributed by atoms with van der Waals surface area (Å²) in [6.07, 6.45) is 2.22. The minimum Gasteiger partial charge on any atom is -0.493 e. The lowest BCUT2D eigenvalue weighted by atomic mass is 10.2. The van der Waals surface area contributed by atoms with Crippen molar-refractivity contribution < 1.29 is 19.0 Å². The molecule has 0 bridgehead atoms. The summed E-state index contributed by atoms with van der Waals surface area (Å²) < 4.78 is 16.1. The van der Waals surface area contributed by atoms with Gasteiger partial charge in [-0.3, -0.25) is 4.79 Å². The molecule has 0 spiro atoms. The minimum atomic E-state index is -0.709. The summed E-state index contributed by atoms with van der Waals surface area (Å²) in [4.78, 5) is 31.4. The van der Waals surface area contributed by atoms with E-state index in [4.69, 9.17) is 14.2 Å². The molecule has 2 aromatic carbocycles. The molecule has 7 nitrogen and oxygen atoms in total. The van der Waals surface area contributed by atoms with Crippen LogP contribution in [0.2, 0.25) is 0 Å². The number of aromatic amines is 1. The highest BCUT2D eigenvalue weighted by atomic mass is 16.5. The molecule has 1 atom stereocenters. The summed E-state index contributed by atoms with van der Waals surface area (Å²) in [6.45, 7) is 4.03. The molecule has 7 heteroatoms. The number of para-hydroxylation sites is 1. The lowest BCUT2D eigenvalue weighted by Crippen LogP contribution is -2.16. The molecule has 0 saturated carbocycles. The topological polar surface area (TPSA) is 90.5 Å². The SMILES string of the molecule is CCOc1cc(/C=C/C(=O)O[C@H](C)c2nc3ccccc3c(=O)[nH]2)ccc1OC. The molecule has 150 valence electrons. The van der Waals surface area contributed by atoms with Gasteiger partial charge in [0.25, 0.3) is 5.56 Å². The van der Waals surface area contributed by atoms with Gasteiger partial charge in [0.1, 0.15) is 0 Å². The van der Waals surface area contributed by atoms with Crippen molar-refractivity contribution in [2.45, 2.75) is 20.0 Å². The number of aromatic nitrogens is 2. The van der Waals surface area contributed by atoms with E-state index in [1.165, 1.54) is 6.08 Å². The van der Waals surface area contributed by atoms with E-state index in [0.717, 1.165) is 5.56 Å². The number of H-pyrrole nitrogens is 1. The number of ether oxygens (including phenoxy) is 3. The fourth-order valence-corrected chi connectivity index (χ4v) is 2.80. The fraction of sp³-hybridized carbons (Fsp3) is 0.227. The highest BCUT2D eigenvalue weighted by Crippen LogP contribution is 2.28. The summed E-state index contributed by atoms with van der Waals surface area (Å²) in [5.41, 5.74) is 1.04. The van der Waals surface area contributed by atoms with Gasteiger partial charge in [-0.05, 0) is 49.8 Å². The van der Waals surface area contributed by atoms with Gasteiger partial charge in [-0.1, -0.05) is 18.2 Å². The molecule has 29 heavy (non-hydrogen) atoms. The summed E-state index contributed by atoms with van der Waals surface area (Å²) in [7, 11) is 1.57. The van der Waals surface area contributed by atoms with E-state index in [1.807, 2.05) is 6.92 Å². The molecule has 0 aliphatic rings. The summed E-state index contributed by atoms with van der Waals surface area (Å²) in [5, 5.41) is 0.485. The van der Waals surface area contributed by atoms with Crippen molar-refractivity contribution in [2.75, 3.05) is 13.7 Å². The first-order chi connectivity index (χ1) is 14.0. The predicted octanol–water partition coefficient (Wildman–Crippen LogP) is 3.65. The van der Waals surface area contributed by atoms with Crippen LogP contribution in [-0.2, 0) is 9.53 Å². The van der Waals surface area contributed by atoms with Crippen LogP contribution >= 0.6 is 0 Å². The van der Waals surface area contributed by atoms with E-state index in [0.29, 0.717) is 34.8 Å². The number of rotatable bonds is 7. The Balaban J connectivity index is 1.72. The molecule has 0 radical (unpaired) electrons. The van der Waals surface area contributed by atoms with Crippen LogP contribution < -0.4 is 15.0 Å². The molecule has 3 aromatic rings. The zero-order valence-corrected chi connectivity index (χ0v) is 16.5. The lowest BCUT2D eigenvalue weighted by molar-refractivity contribution is -0.142. The molecule has 0 unspecified atom stereocenters. The van der Waals surface area contributed by atoms with Gasteiger partial charge in [0, 0.05) is 6.08 Å². The second-order valence-electron chi connectivity index (χ2n) is 6.22. The first-order valence-electron chi connectivity index (χ1n) is 9.20. The van der Waals surface area contributed by atoms with Gasteiger partial charge in [-0.15, -0.1) is 0 Å². The maximum absolute atomic E-state index is 12.2. The largest absolute Gasteiger partial charge is 0.493 e. The molecule has 0 aliphatic heterocycles. The summed E-state index contributed by atoms with van der Waals surface area (Å²) in [5.74, 6) is 0.948. The second-order valence-corrected chi connectivity index (χ2v) is 6.22. The average Bonchev–Trinajstić information content (AvgIpc) is 2.72. The number of fused-ring (bicyclic) bond motifs is 1. The third-order valence-corrected chi connectivity index (χ3v) is 4.21. The standard InChI is InChI=1S/C22H22N2O5/c1-4-28-19-13-15(9-11-18(19)27-3)10-12-20(25)29-14(2)21-23-17-8-6-5-7-16(17)22(26)24-21/h5-14H,4H2,1-3H3,(H,23,24,26)/b12-10+/t14-/m1/s1. The van der Waals surface area contributed by atoms with Gasteiger partial charge < -0.3 is 19.2 Å². The number of nitrogens with zero attached hydrogens (tertiary/aromatic N) is 1. The Labute approximate surface area is 168 Å². The number of carbonyl (C=O) groups is 1. The Morgan fingerprint density at radius 2 is 2.00 bits per heavy atom. The van der Waals surface area contributed by atoms with Crippen molar-refractivity contribution in [3.05, 3.63) is 70.3 Å². The van der Waals surface area contributed by atoms with Crippen LogP contribution in [-0.4, -0.2) is 29.7 Å². The van der Waals surface area contributed by atoms with Crippen molar-refractivity contribution in [1.29, 1.82) is 0 Å². The average molecular weight is 394 g/mol. The normalized spacial score (nSPS) is 12.1. The van der Waals surface area contributed by atoms with Gasteiger partial charge in [-0.2, -0.15) is 0 Å². The van der Waals surface area contributed by atoms with Gasteiger partial charge >= 0.3 is 5.97 Å². The van der Waals surface area contributed by atoms with Gasteiger partial charge in [-0.25, -0.2) is 9.78 Å². The summed E-state index contributed by atoms with van der Waals surface area (Å²) in [6, 6.07) is 12.3. The zero-order chi connectivity index (χ0) is 20.8. The Hall–Kier alpha value is -3.61. The predicted molar refractivity (Wildman–Crippen MR) is 110 cm³/mol. The van der Waals surface area contributed by atoms with Crippen LogP contribution in [0.15, 0.2) is 53.3 Å². The number of benzene rings is 2. The van der Waals surface area contributed by atoms with Crippen molar-refractivity contribution in [1.82, 2.24) is 9.97 Å². The number of carbonyl (C=O) groups excluding carboxylic acids is 1. The highest BCUT2D eigenvalue weighted by Gasteiger charge is 2.14. The Morgan fingerprint density at radius 1 is 1.21 bits per heavy atom. The van der Waals surface area contributed by atoms with Crippen LogP contribution in [0.25, 0.3) is 17.0 Å². The van der Waals surface area contributed by atoms with E-state index in [2.05, 4.69) is 9.97 Å². The minimum absolute atomic E-state index is 0.272. The van der Waals surface area contributed by atoms with Crippen LogP contribution in [0, 0.1) is 0 Å². The molecular weight excluding hydrogens is 372 g/mol. The number of methoxy groups -OCH3 is 1. The van der Waals surface area contributed by atoms with Gasteiger partial charge in [0.15, 0.2) is 23.4 Å². The van der Waals surface area contributed by atoms with E-state index in [1.54, 1.807) is 62.6 Å². The second kappa shape index (κ2) is 9.05. The smallest absolute Gasteiger partial charge is 0.331 e. The number of nitrogens with one attached hydrogen (secondary N) is 1. The molecule has 0 saturated heterocycles. The Kier molecular flexibility index (Phi) is 6.29. The molecule has 1 N–H and O–H groups in total. The Bertz CT molecular complexity index is 1100. The van der Waals surface area contributed by atoms with Crippen LogP contribution in [0.1, 0.15) is 31.3 Å². The zero-order valence-electron chi connectivity index (χ0n) is 16.5. The van der Waals surface area contributed by atoms with Crippen molar-refractivity contribution in [2.24, 2.45) is 0 Å². The monoisotopic (exact) mass is 394 g/mol. The van der Waals surface area contributed by atoms with E-state index >= 15 is 0 Å². The molecule has 0 amide bonds. The maximum Gasteiger partial charge on any atom is 0.331 e. The molecule has 3 rings (SSSR count). The van der Waals surface area contributed by atoms with Crippen molar-refractivity contribution in [3.8, 4) is 11.5 Å². The Morgan fingerprint density at radius 3 is 2.76 bits per heavy atom. The quantitative estimate of drug-likeness (QED) is 0.486. The molecule has 1 aromatic heterocycles. The van der Waals surface area contributed by atoms with Crippen molar-refractivity contribution in [3.63, 3.8) is 0 Å². The van der Waals surface area contributed by atoms with Crippen molar-refractivity contribution >= 4 is 22.9 Å². The van der Waals surface area contributed by atoms with E-state index in [-0.39, 0.29) is 5.56 Å². The summed E-state index contributed by atoms with van der Waals surface area (Å²) >= 11 is 0. The molecule has 0 fully saturated rings. The first-order valence-corrected chi connectivity index (χ1v) is 9.20. The number of esters is 1. The van der Waals surface area contributed by atoms with E-state index in [9.17, 15) is 9.59 Å². The van der Waals surface area contributed by atoms with Gasteiger partial charge in [0.2, 0.25) is 0 Å². The van der Waals surface area contributed by atoms with Crippen LogP contribution in [0.5, 0.6) is 11.5 Å². The number of hydrogen-bond acceptors (Lipinski definition) is 6. The molecule has 1 heterocycles. The fourth-order valence-electron chi connectivity index (χ4n) is 2.80. The van der Waals surface area contributed by atoms with Crippen LogP contribution in [0.4, 0.5) is 0 Å². The lowest BCUT2D eigenvalue weighted by Gasteiger charge is -2.12. The molecular formula is C22H22N2O5. The first kappa shape index (κ1) is 20.1. The third kappa shape index (κ3) is 4.82. The van der Waals surface area contributed by atoms with Crippen LogP contribution in [0.3, 0.4) is 0 Å². The van der Waals surface area contributed by atoms with Gasteiger partial charge in [0.05, 0.1) is 24.6 Å². The third-order valence-electron chi connectivity index (χ3n) is 4.21. The van der Waals surface area contributed by atoms with E-state index < -0.39 is 12.1 Å². The highest BCUT2D eigenvalue weighted by molar-refractivity contribution is 5.87. The number of hydrogen-bond donors (Lipinski definition) is 1. The molecule has 0 aliphatic carbocycles.